The molecule has 6 heteroatoms. The number of benzene rings is 2. The molecular weight excluding hydrogens is 494 g/mol. The molecule has 0 atom stereocenters. The van der Waals surface area contributed by atoms with Gasteiger partial charge in [0.2, 0.25) is 0 Å². The summed E-state index contributed by atoms with van der Waals surface area (Å²) in [5.41, 5.74) is 6.48. The van der Waals surface area contributed by atoms with Gasteiger partial charge < -0.3 is 0 Å². The highest BCUT2D eigenvalue weighted by atomic mass is 16.1. The molecule has 6 nitrogen and oxygen atoms in total. The van der Waals surface area contributed by atoms with Gasteiger partial charge in [-0.1, -0.05) is 71.9 Å². The minimum Gasteiger partial charge on any atom is -0.265 e. The Morgan fingerprint density at radius 3 is 1.93 bits per heavy atom. The molecule has 2 aromatic carbocycles. The molecule has 0 N–H and O–H groups in total. The van der Waals surface area contributed by atoms with E-state index in [4.69, 9.17) is 15.1 Å². The minimum atomic E-state index is -0.328. The van der Waals surface area contributed by atoms with E-state index in [0.717, 1.165) is 49.9 Å². The SMILES string of the molecule is CC(C)(C)c1c2n/c(=C/c3ccccc3)c(=C=O)nc2c(C(C)(C)C)c2c1c(-c1ccncc1)nn2C(C)(C)C. The Labute approximate surface area is 235 Å². The van der Waals surface area contributed by atoms with Gasteiger partial charge in [-0.15, -0.1) is 0 Å². The van der Waals surface area contributed by atoms with Crippen LogP contribution in [0.2, 0.25) is 0 Å². The smallest absolute Gasteiger partial charge is 0.173 e. The number of rotatable bonds is 2. The first kappa shape index (κ1) is 27.4. The fourth-order valence-corrected chi connectivity index (χ4v) is 5.43. The second kappa shape index (κ2) is 9.50. The lowest BCUT2D eigenvalue weighted by Crippen LogP contribution is -2.35. The average molecular weight is 532 g/mol. The molecule has 0 unspecified atom stereocenters. The number of fused-ring (bicyclic) bond motifs is 2. The van der Waals surface area contributed by atoms with Gasteiger partial charge in [0.05, 0.1) is 22.1 Å². The third kappa shape index (κ3) is 4.73. The normalized spacial score (nSPS) is 13.3. The first-order valence-corrected chi connectivity index (χ1v) is 13.7. The number of carbonyl (C=O) groups excluding carboxylic acids is 1. The predicted molar refractivity (Wildman–Crippen MR) is 163 cm³/mol. The van der Waals surface area contributed by atoms with E-state index in [2.05, 4.69) is 77.9 Å². The fraction of sp³-hybridized carbons (Fsp3) is 0.353. The van der Waals surface area contributed by atoms with Crippen LogP contribution in [0.4, 0.5) is 0 Å². The van der Waals surface area contributed by atoms with Gasteiger partial charge in [0, 0.05) is 28.9 Å². The number of hydrogen-bond donors (Lipinski definition) is 0. The summed E-state index contributed by atoms with van der Waals surface area (Å²) in [5.74, 6) is 2.08. The van der Waals surface area contributed by atoms with E-state index in [1.165, 1.54) is 0 Å². The van der Waals surface area contributed by atoms with Crippen LogP contribution in [-0.2, 0) is 21.2 Å². The number of hydrogen-bond acceptors (Lipinski definition) is 5. The Hall–Kier alpha value is -4.15. The molecule has 3 aromatic heterocycles. The Bertz CT molecular complexity index is 1880. The van der Waals surface area contributed by atoms with Crippen molar-refractivity contribution in [3.63, 3.8) is 0 Å². The van der Waals surface area contributed by atoms with E-state index in [-0.39, 0.29) is 21.7 Å². The van der Waals surface area contributed by atoms with Crippen LogP contribution < -0.4 is 10.7 Å². The van der Waals surface area contributed by atoms with E-state index in [0.29, 0.717) is 5.35 Å². The van der Waals surface area contributed by atoms with Crippen molar-refractivity contribution in [3.8, 4) is 11.3 Å². The van der Waals surface area contributed by atoms with Gasteiger partial charge in [-0.05, 0) is 60.9 Å². The monoisotopic (exact) mass is 531 g/mol. The van der Waals surface area contributed by atoms with E-state index < -0.39 is 0 Å². The molecular formula is C34H37N5O. The van der Waals surface area contributed by atoms with Gasteiger partial charge in [-0.2, -0.15) is 5.10 Å². The molecule has 0 saturated heterocycles. The first-order valence-electron chi connectivity index (χ1n) is 13.7. The van der Waals surface area contributed by atoms with Crippen molar-refractivity contribution in [1.82, 2.24) is 24.7 Å². The van der Waals surface area contributed by atoms with Gasteiger partial charge in [0.1, 0.15) is 11.0 Å². The molecule has 3 heterocycles. The summed E-state index contributed by atoms with van der Waals surface area (Å²) < 4.78 is 2.13. The zero-order valence-electron chi connectivity index (χ0n) is 24.9. The maximum Gasteiger partial charge on any atom is 0.173 e. The summed E-state index contributed by atoms with van der Waals surface area (Å²) >= 11 is 0. The van der Waals surface area contributed by atoms with Crippen molar-refractivity contribution >= 4 is 34.0 Å². The summed E-state index contributed by atoms with van der Waals surface area (Å²) in [6, 6.07) is 13.9. The molecule has 0 aliphatic heterocycles. The van der Waals surface area contributed by atoms with Crippen LogP contribution >= 0.6 is 0 Å². The number of pyridine rings is 1. The Morgan fingerprint density at radius 1 is 0.775 bits per heavy atom. The van der Waals surface area contributed by atoms with Crippen molar-refractivity contribution in [2.45, 2.75) is 78.7 Å². The Kier molecular flexibility index (Phi) is 6.51. The molecule has 0 amide bonds. The standard InChI is InChI=1S/C34H37N5O/c1-32(2,3)26-25-28(22-15-17-35-18-16-22)38-39(34(7,8)9)31(25)27(33(4,5)6)30-29(26)36-23(24(20-40)37-30)19-21-13-11-10-12-14-21/h10-19H,1-9H3/b23-19+. The summed E-state index contributed by atoms with van der Waals surface area (Å²) in [5, 5.41) is 7.06. The summed E-state index contributed by atoms with van der Waals surface area (Å²) in [7, 11) is 0. The zero-order valence-corrected chi connectivity index (χ0v) is 24.9. The lowest BCUT2D eigenvalue weighted by molar-refractivity contribution is 0.367. The highest BCUT2D eigenvalue weighted by molar-refractivity contribution is 6.08. The van der Waals surface area contributed by atoms with Crippen LogP contribution in [0.1, 0.15) is 79.0 Å². The zero-order chi connectivity index (χ0) is 29.0. The molecule has 0 radical (unpaired) electrons. The van der Waals surface area contributed by atoms with Crippen molar-refractivity contribution in [3.05, 3.63) is 82.2 Å². The third-order valence-electron chi connectivity index (χ3n) is 7.06. The average Bonchev–Trinajstić information content (AvgIpc) is 3.26. The molecule has 0 fully saturated rings. The molecule has 0 saturated carbocycles. The van der Waals surface area contributed by atoms with Crippen molar-refractivity contribution in [1.29, 1.82) is 0 Å². The third-order valence-corrected chi connectivity index (χ3v) is 7.06. The van der Waals surface area contributed by atoms with E-state index in [1.807, 2.05) is 48.5 Å². The molecule has 5 aromatic rings. The molecule has 0 aliphatic carbocycles. The quantitative estimate of drug-likeness (QED) is 0.291. The summed E-state index contributed by atoms with van der Waals surface area (Å²) in [6.07, 6.45) is 5.51. The van der Waals surface area contributed by atoms with Gasteiger partial charge in [0.25, 0.3) is 0 Å². The highest BCUT2D eigenvalue weighted by Crippen LogP contribution is 2.46. The van der Waals surface area contributed by atoms with Crippen LogP contribution in [0.15, 0.2) is 54.9 Å². The molecule has 0 aliphatic rings. The predicted octanol–water partition coefficient (Wildman–Crippen LogP) is 5.72. The molecule has 204 valence electrons. The minimum absolute atomic E-state index is 0.206. The summed E-state index contributed by atoms with van der Waals surface area (Å²) in [4.78, 5) is 26.8. The first-order chi connectivity index (χ1) is 18.7. The second-order valence-electron chi connectivity index (χ2n) is 13.5. The van der Waals surface area contributed by atoms with Crippen LogP contribution in [0.25, 0.3) is 39.3 Å². The number of nitrogens with zero attached hydrogens (tertiary/aromatic N) is 5. The van der Waals surface area contributed by atoms with Crippen LogP contribution in [0.5, 0.6) is 0 Å². The van der Waals surface area contributed by atoms with Gasteiger partial charge in [-0.3, -0.25) is 9.67 Å². The topological polar surface area (TPSA) is 73.6 Å². The van der Waals surface area contributed by atoms with Crippen LogP contribution in [0, 0.1) is 0 Å². The lowest BCUT2D eigenvalue weighted by atomic mass is 9.77. The largest absolute Gasteiger partial charge is 0.265 e. The Morgan fingerprint density at radius 2 is 1.38 bits per heavy atom. The van der Waals surface area contributed by atoms with Gasteiger partial charge >= 0.3 is 0 Å². The Balaban J connectivity index is 2.15. The fourth-order valence-electron chi connectivity index (χ4n) is 5.43. The molecule has 0 spiro atoms. The van der Waals surface area contributed by atoms with Crippen LogP contribution in [0.3, 0.4) is 0 Å². The molecule has 5 rings (SSSR count). The second-order valence-corrected chi connectivity index (χ2v) is 13.5. The lowest BCUT2D eigenvalue weighted by Gasteiger charge is -2.30. The number of aromatic nitrogens is 5. The molecule has 40 heavy (non-hydrogen) atoms. The van der Waals surface area contributed by atoms with Crippen molar-refractivity contribution in [2.75, 3.05) is 0 Å². The van der Waals surface area contributed by atoms with E-state index >= 15 is 0 Å². The van der Waals surface area contributed by atoms with Gasteiger partial charge in [0.15, 0.2) is 11.3 Å². The van der Waals surface area contributed by atoms with Crippen LogP contribution in [-0.4, -0.2) is 30.7 Å². The summed E-state index contributed by atoms with van der Waals surface area (Å²) in [6.45, 7) is 19.6. The van der Waals surface area contributed by atoms with Crippen molar-refractivity contribution in [2.24, 2.45) is 0 Å². The van der Waals surface area contributed by atoms with Gasteiger partial charge in [-0.25, -0.2) is 14.8 Å². The van der Waals surface area contributed by atoms with E-state index in [9.17, 15) is 4.79 Å². The maximum absolute atomic E-state index is 12.3. The van der Waals surface area contributed by atoms with E-state index in [1.54, 1.807) is 12.4 Å². The molecule has 0 bridgehead atoms. The maximum atomic E-state index is 12.3. The van der Waals surface area contributed by atoms with Crippen molar-refractivity contribution < 1.29 is 4.79 Å². The highest BCUT2D eigenvalue weighted by Gasteiger charge is 2.35.